The van der Waals surface area contributed by atoms with Gasteiger partial charge in [-0.05, 0) is 39.2 Å². The van der Waals surface area contributed by atoms with E-state index in [1.807, 2.05) is 18.2 Å². The minimum absolute atomic E-state index is 0.143. The van der Waals surface area contributed by atoms with Gasteiger partial charge in [0.15, 0.2) is 0 Å². The molecule has 0 aliphatic heterocycles. The Kier molecular flexibility index (Phi) is 3.61. The lowest BCUT2D eigenvalue weighted by atomic mass is 10.0. The molecule has 3 rings (SSSR count). The second kappa shape index (κ2) is 5.55. The van der Waals surface area contributed by atoms with Crippen molar-refractivity contribution in [1.29, 1.82) is 0 Å². The summed E-state index contributed by atoms with van der Waals surface area (Å²) >= 11 is 1.44. The zero-order chi connectivity index (χ0) is 13.9. The van der Waals surface area contributed by atoms with Crippen molar-refractivity contribution in [2.24, 2.45) is 0 Å². The molecule has 2 nitrogen and oxygen atoms in total. The van der Waals surface area contributed by atoms with E-state index in [0.29, 0.717) is 0 Å². The number of fused-ring (bicyclic) bond motifs is 2. The Morgan fingerprint density at radius 2 is 1.65 bits per heavy atom. The molecule has 0 atom stereocenters. The number of thioether (sulfide) groups is 1. The first-order valence-electron chi connectivity index (χ1n) is 6.44. The standard InChI is InChI=1S/C17H14O2S/c18-17(19)11-20-10-15-7-3-6-14-8-12-4-1-2-5-13(12)9-16(14)15/h1-9H,10-11H2,(H,18,19). The molecule has 0 saturated carbocycles. The van der Waals surface area contributed by atoms with Crippen LogP contribution in [0.3, 0.4) is 0 Å². The number of hydrogen-bond donors (Lipinski definition) is 1. The maximum atomic E-state index is 10.6. The highest BCUT2D eigenvalue weighted by Gasteiger charge is 2.04. The van der Waals surface area contributed by atoms with Gasteiger partial charge in [-0.3, -0.25) is 4.79 Å². The van der Waals surface area contributed by atoms with E-state index < -0.39 is 5.97 Å². The molecular formula is C17H14O2S. The Morgan fingerprint density at radius 1 is 0.950 bits per heavy atom. The van der Waals surface area contributed by atoms with Crippen molar-refractivity contribution in [2.75, 3.05) is 5.75 Å². The zero-order valence-corrected chi connectivity index (χ0v) is 11.7. The van der Waals surface area contributed by atoms with Gasteiger partial charge in [-0.1, -0.05) is 42.5 Å². The van der Waals surface area contributed by atoms with Gasteiger partial charge in [0, 0.05) is 5.75 Å². The Bertz CT molecular complexity index is 780. The van der Waals surface area contributed by atoms with Crippen LogP contribution in [0.1, 0.15) is 5.56 Å². The summed E-state index contributed by atoms with van der Waals surface area (Å²) in [6.07, 6.45) is 0. The lowest BCUT2D eigenvalue weighted by Gasteiger charge is -2.08. The van der Waals surface area contributed by atoms with Crippen LogP contribution < -0.4 is 0 Å². The largest absolute Gasteiger partial charge is 0.481 e. The predicted octanol–water partition coefficient (Wildman–Crippen LogP) is 4.31. The number of carboxylic acids is 1. The molecule has 0 unspecified atom stereocenters. The van der Waals surface area contributed by atoms with E-state index in [1.165, 1.54) is 38.9 Å². The maximum absolute atomic E-state index is 10.6. The van der Waals surface area contributed by atoms with Crippen LogP contribution >= 0.6 is 11.8 Å². The molecule has 3 heteroatoms. The second-order valence-electron chi connectivity index (χ2n) is 4.72. The molecule has 1 N–H and O–H groups in total. The van der Waals surface area contributed by atoms with E-state index in [1.54, 1.807) is 0 Å². The zero-order valence-electron chi connectivity index (χ0n) is 10.9. The Hall–Kier alpha value is -2.00. The van der Waals surface area contributed by atoms with Gasteiger partial charge in [0.2, 0.25) is 0 Å². The fourth-order valence-electron chi connectivity index (χ4n) is 2.41. The van der Waals surface area contributed by atoms with Crippen molar-refractivity contribution in [3.63, 3.8) is 0 Å². The first kappa shape index (κ1) is 13.0. The van der Waals surface area contributed by atoms with Gasteiger partial charge >= 0.3 is 5.97 Å². The lowest BCUT2D eigenvalue weighted by molar-refractivity contribution is -0.133. The predicted molar refractivity (Wildman–Crippen MR) is 85.3 cm³/mol. The first-order valence-corrected chi connectivity index (χ1v) is 7.59. The summed E-state index contributed by atoms with van der Waals surface area (Å²) in [5.41, 5.74) is 1.19. The molecule has 0 radical (unpaired) electrons. The van der Waals surface area contributed by atoms with Crippen molar-refractivity contribution in [3.8, 4) is 0 Å². The van der Waals surface area contributed by atoms with Gasteiger partial charge in [-0.2, -0.15) is 0 Å². The number of benzene rings is 3. The number of carboxylic acid groups (broad SMARTS) is 1. The topological polar surface area (TPSA) is 37.3 Å². The number of carbonyl (C=O) groups is 1. The summed E-state index contributed by atoms with van der Waals surface area (Å²) in [7, 11) is 0. The average molecular weight is 282 g/mol. The van der Waals surface area contributed by atoms with Crippen LogP contribution in [-0.2, 0) is 10.5 Å². The van der Waals surface area contributed by atoms with Gasteiger partial charge < -0.3 is 5.11 Å². The van der Waals surface area contributed by atoms with E-state index in [2.05, 4.69) is 36.4 Å². The third-order valence-corrected chi connectivity index (χ3v) is 4.29. The molecule has 20 heavy (non-hydrogen) atoms. The summed E-state index contributed by atoms with van der Waals surface area (Å²) in [6.45, 7) is 0. The average Bonchev–Trinajstić information content (AvgIpc) is 2.45. The van der Waals surface area contributed by atoms with Crippen LogP contribution in [-0.4, -0.2) is 16.8 Å². The van der Waals surface area contributed by atoms with Crippen LogP contribution in [0.4, 0.5) is 0 Å². The number of rotatable bonds is 4. The SMILES string of the molecule is O=C(O)CSCc1cccc2cc3ccccc3cc12. The molecule has 0 aliphatic rings. The molecule has 3 aromatic rings. The fourth-order valence-corrected chi connectivity index (χ4v) is 3.15. The van der Waals surface area contributed by atoms with Gasteiger partial charge in [0.05, 0.1) is 5.75 Å². The first-order chi connectivity index (χ1) is 9.74. The van der Waals surface area contributed by atoms with Crippen molar-refractivity contribution in [1.82, 2.24) is 0 Å². The van der Waals surface area contributed by atoms with E-state index in [4.69, 9.17) is 5.11 Å². The van der Waals surface area contributed by atoms with E-state index >= 15 is 0 Å². The van der Waals surface area contributed by atoms with Crippen molar-refractivity contribution < 1.29 is 9.90 Å². The molecule has 3 aromatic carbocycles. The van der Waals surface area contributed by atoms with Gasteiger partial charge in [-0.25, -0.2) is 0 Å². The summed E-state index contributed by atoms with van der Waals surface area (Å²) in [5, 5.41) is 13.6. The fraction of sp³-hybridized carbons (Fsp3) is 0.118. The van der Waals surface area contributed by atoms with Gasteiger partial charge in [0.1, 0.15) is 0 Å². The van der Waals surface area contributed by atoms with Crippen LogP contribution in [0.25, 0.3) is 21.5 Å². The van der Waals surface area contributed by atoms with Crippen LogP contribution in [0.15, 0.2) is 54.6 Å². The van der Waals surface area contributed by atoms with E-state index in [9.17, 15) is 4.79 Å². The van der Waals surface area contributed by atoms with Crippen LogP contribution in [0, 0.1) is 0 Å². The van der Waals surface area contributed by atoms with Crippen molar-refractivity contribution >= 4 is 39.3 Å². The molecular weight excluding hydrogens is 268 g/mol. The van der Waals surface area contributed by atoms with Crippen LogP contribution in [0.5, 0.6) is 0 Å². The summed E-state index contributed by atoms with van der Waals surface area (Å²) in [4.78, 5) is 10.6. The number of hydrogen-bond acceptors (Lipinski definition) is 2. The monoisotopic (exact) mass is 282 g/mol. The summed E-state index contributed by atoms with van der Waals surface area (Å²) < 4.78 is 0. The maximum Gasteiger partial charge on any atom is 0.313 e. The van der Waals surface area contributed by atoms with Crippen molar-refractivity contribution in [2.45, 2.75) is 5.75 Å². The molecule has 0 spiro atoms. The van der Waals surface area contributed by atoms with Gasteiger partial charge in [0.25, 0.3) is 0 Å². The molecule has 0 heterocycles. The smallest absolute Gasteiger partial charge is 0.313 e. The highest BCUT2D eigenvalue weighted by Crippen LogP contribution is 2.27. The normalized spacial score (nSPS) is 11.0. The number of aliphatic carboxylic acids is 1. The van der Waals surface area contributed by atoms with E-state index in [-0.39, 0.29) is 5.75 Å². The van der Waals surface area contributed by atoms with Crippen LogP contribution in [0.2, 0.25) is 0 Å². The highest BCUT2D eigenvalue weighted by atomic mass is 32.2. The Morgan fingerprint density at radius 3 is 2.40 bits per heavy atom. The Balaban J connectivity index is 2.03. The lowest BCUT2D eigenvalue weighted by Crippen LogP contribution is -1.98. The molecule has 0 aromatic heterocycles. The molecule has 0 aliphatic carbocycles. The molecule has 0 fully saturated rings. The highest BCUT2D eigenvalue weighted by molar-refractivity contribution is 7.99. The second-order valence-corrected chi connectivity index (χ2v) is 5.71. The quantitative estimate of drug-likeness (QED) is 0.724. The Labute approximate surface area is 121 Å². The minimum Gasteiger partial charge on any atom is -0.481 e. The molecule has 100 valence electrons. The molecule has 0 amide bonds. The minimum atomic E-state index is -0.763. The van der Waals surface area contributed by atoms with E-state index in [0.717, 1.165) is 5.75 Å². The summed E-state index contributed by atoms with van der Waals surface area (Å²) in [5.74, 6) is 0.104. The third-order valence-electron chi connectivity index (χ3n) is 3.32. The molecule has 0 bridgehead atoms. The van der Waals surface area contributed by atoms with Crippen molar-refractivity contribution in [3.05, 3.63) is 60.2 Å². The third kappa shape index (κ3) is 2.63. The van der Waals surface area contributed by atoms with Gasteiger partial charge in [-0.15, -0.1) is 11.8 Å². The molecule has 0 saturated heterocycles. The summed E-state index contributed by atoms with van der Waals surface area (Å²) in [6, 6.07) is 18.9.